The minimum atomic E-state index is -1.19. The van der Waals surface area contributed by atoms with Crippen molar-refractivity contribution in [2.75, 3.05) is 11.1 Å². The monoisotopic (exact) mass is 266 g/mol. The third-order valence-electron chi connectivity index (χ3n) is 2.46. The number of carbonyl (C=O) groups is 1. The van der Waals surface area contributed by atoms with Crippen LogP contribution < -0.4 is 11.1 Å². The number of amides is 1. The van der Waals surface area contributed by atoms with Gasteiger partial charge in [-0.3, -0.25) is 4.79 Å². The van der Waals surface area contributed by atoms with Crippen LogP contribution in [-0.4, -0.2) is 5.91 Å². The van der Waals surface area contributed by atoms with Crippen LogP contribution in [0.2, 0.25) is 0 Å². The van der Waals surface area contributed by atoms with E-state index in [-0.39, 0.29) is 16.9 Å². The molecule has 3 nitrogen and oxygen atoms in total. The van der Waals surface area contributed by atoms with Crippen LogP contribution in [0.25, 0.3) is 0 Å². The van der Waals surface area contributed by atoms with E-state index in [0.29, 0.717) is 0 Å². The highest BCUT2D eigenvalue weighted by Crippen LogP contribution is 2.19. The summed E-state index contributed by atoms with van der Waals surface area (Å²) in [6.07, 6.45) is 0. The van der Waals surface area contributed by atoms with Crippen LogP contribution in [0.5, 0.6) is 0 Å². The fraction of sp³-hybridized carbons (Fsp3) is 0. The van der Waals surface area contributed by atoms with E-state index in [9.17, 15) is 18.0 Å². The van der Waals surface area contributed by atoms with Crippen molar-refractivity contribution in [3.8, 4) is 0 Å². The summed E-state index contributed by atoms with van der Waals surface area (Å²) in [6.45, 7) is 0. The van der Waals surface area contributed by atoms with Crippen LogP contribution in [0, 0.1) is 17.5 Å². The van der Waals surface area contributed by atoms with Crippen molar-refractivity contribution in [3.05, 3.63) is 59.4 Å². The molecule has 2 aromatic carbocycles. The Balaban J connectivity index is 2.31. The molecule has 2 aromatic rings. The van der Waals surface area contributed by atoms with Crippen LogP contribution in [0.15, 0.2) is 36.4 Å². The molecule has 3 N–H and O–H groups in total. The molecule has 0 radical (unpaired) electrons. The van der Waals surface area contributed by atoms with E-state index in [1.165, 1.54) is 18.2 Å². The van der Waals surface area contributed by atoms with Gasteiger partial charge in [0.25, 0.3) is 5.91 Å². The van der Waals surface area contributed by atoms with Gasteiger partial charge in [0.15, 0.2) is 11.6 Å². The first kappa shape index (κ1) is 12.9. The molecule has 0 fully saturated rings. The maximum atomic E-state index is 13.4. The zero-order chi connectivity index (χ0) is 14.0. The minimum absolute atomic E-state index is 0.0377. The molecule has 0 aliphatic rings. The Bertz CT molecular complexity index is 644. The number of hydrogen-bond donors (Lipinski definition) is 2. The van der Waals surface area contributed by atoms with Crippen LogP contribution in [-0.2, 0) is 0 Å². The zero-order valence-corrected chi connectivity index (χ0v) is 9.58. The first-order chi connectivity index (χ1) is 8.99. The van der Waals surface area contributed by atoms with Crippen molar-refractivity contribution in [2.45, 2.75) is 0 Å². The number of anilines is 2. The van der Waals surface area contributed by atoms with E-state index in [4.69, 9.17) is 5.73 Å². The lowest BCUT2D eigenvalue weighted by Gasteiger charge is -2.08. The number of rotatable bonds is 2. The summed E-state index contributed by atoms with van der Waals surface area (Å²) < 4.78 is 39.3. The van der Waals surface area contributed by atoms with Gasteiger partial charge in [0.05, 0.1) is 11.3 Å². The number of nitrogen functional groups attached to an aromatic ring is 1. The number of carbonyl (C=O) groups excluding carboxylic acids is 1. The Labute approximate surface area is 106 Å². The maximum absolute atomic E-state index is 13.4. The first-order valence-corrected chi connectivity index (χ1v) is 5.29. The Morgan fingerprint density at radius 3 is 2.58 bits per heavy atom. The van der Waals surface area contributed by atoms with Gasteiger partial charge in [0.2, 0.25) is 0 Å². The molecule has 0 saturated heterocycles. The first-order valence-electron chi connectivity index (χ1n) is 5.29. The Morgan fingerprint density at radius 1 is 1.11 bits per heavy atom. The van der Waals surface area contributed by atoms with Gasteiger partial charge in [-0.1, -0.05) is 6.07 Å². The van der Waals surface area contributed by atoms with Crippen molar-refractivity contribution < 1.29 is 18.0 Å². The van der Waals surface area contributed by atoms with Gasteiger partial charge in [-0.2, -0.15) is 0 Å². The van der Waals surface area contributed by atoms with Gasteiger partial charge in [0.1, 0.15) is 5.82 Å². The van der Waals surface area contributed by atoms with Crippen molar-refractivity contribution in [3.63, 3.8) is 0 Å². The predicted octanol–water partition coefficient (Wildman–Crippen LogP) is 2.94. The van der Waals surface area contributed by atoms with Crippen molar-refractivity contribution >= 4 is 17.3 Å². The fourth-order valence-electron chi connectivity index (χ4n) is 1.52. The summed E-state index contributed by atoms with van der Waals surface area (Å²) in [5, 5.41) is 2.13. The second-order valence-electron chi connectivity index (χ2n) is 3.79. The van der Waals surface area contributed by atoms with E-state index in [2.05, 4.69) is 5.32 Å². The molecule has 0 aliphatic carbocycles. The Kier molecular flexibility index (Phi) is 3.41. The molecule has 98 valence electrons. The smallest absolute Gasteiger partial charge is 0.257 e. The second kappa shape index (κ2) is 5.01. The molecular formula is C13H9F3N2O. The summed E-state index contributed by atoms with van der Waals surface area (Å²) >= 11 is 0. The fourth-order valence-corrected chi connectivity index (χ4v) is 1.52. The van der Waals surface area contributed by atoms with Crippen molar-refractivity contribution in [1.29, 1.82) is 0 Å². The highest BCUT2D eigenvalue weighted by atomic mass is 19.2. The minimum Gasteiger partial charge on any atom is -0.398 e. The third kappa shape index (κ3) is 2.67. The Hall–Kier alpha value is -2.50. The quantitative estimate of drug-likeness (QED) is 0.821. The Morgan fingerprint density at radius 2 is 1.84 bits per heavy atom. The van der Waals surface area contributed by atoms with Gasteiger partial charge in [-0.05, 0) is 30.3 Å². The molecule has 19 heavy (non-hydrogen) atoms. The number of hydrogen-bond acceptors (Lipinski definition) is 2. The summed E-state index contributed by atoms with van der Waals surface area (Å²) in [7, 11) is 0. The van der Waals surface area contributed by atoms with Gasteiger partial charge in [-0.25, -0.2) is 13.2 Å². The average molecular weight is 266 g/mol. The third-order valence-corrected chi connectivity index (χ3v) is 2.46. The molecule has 0 atom stereocenters. The topological polar surface area (TPSA) is 55.1 Å². The van der Waals surface area contributed by atoms with Gasteiger partial charge in [0, 0.05) is 5.69 Å². The van der Waals surface area contributed by atoms with Crippen LogP contribution in [0.1, 0.15) is 10.4 Å². The molecule has 0 aliphatic heterocycles. The number of nitrogens with one attached hydrogen (secondary N) is 1. The van der Waals surface area contributed by atoms with Crippen LogP contribution in [0.4, 0.5) is 24.5 Å². The van der Waals surface area contributed by atoms with E-state index < -0.39 is 23.4 Å². The zero-order valence-electron chi connectivity index (χ0n) is 9.58. The lowest BCUT2D eigenvalue weighted by Crippen LogP contribution is -2.15. The summed E-state index contributed by atoms with van der Waals surface area (Å²) in [4.78, 5) is 11.8. The highest BCUT2D eigenvalue weighted by Gasteiger charge is 2.14. The van der Waals surface area contributed by atoms with E-state index >= 15 is 0 Å². The number of benzene rings is 2. The van der Waals surface area contributed by atoms with E-state index in [0.717, 1.165) is 18.2 Å². The summed E-state index contributed by atoms with van der Waals surface area (Å²) in [5.41, 5.74) is 5.07. The SMILES string of the molecule is Nc1ccc(F)cc1C(=O)Nc1cccc(F)c1F. The number of halogens is 3. The molecule has 1 amide bonds. The van der Waals surface area contributed by atoms with Crippen LogP contribution in [0.3, 0.4) is 0 Å². The molecule has 0 heterocycles. The molecule has 0 unspecified atom stereocenters. The lowest BCUT2D eigenvalue weighted by molar-refractivity contribution is 0.102. The maximum Gasteiger partial charge on any atom is 0.257 e. The standard InChI is InChI=1S/C13H9F3N2O/c14-7-4-5-10(17)8(6-7)13(19)18-11-3-1-2-9(15)12(11)16/h1-6H,17H2,(H,18,19). The van der Waals surface area contributed by atoms with Gasteiger partial charge >= 0.3 is 0 Å². The van der Waals surface area contributed by atoms with Crippen molar-refractivity contribution in [2.24, 2.45) is 0 Å². The van der Waals surface area contributed by atoms with Crippen molar-refractivity contribution in [1.82, 2.24) is 0 Å². The predicted molar refractivity (Wildman–Crippen MR) is 65.1 cm³/mol. The number of nitrogens with two attached hydrogens (primary N) is 1. The molecule has 0 spiro atoms. The highest BCUT2D eigenvalue weighted by molar-refractivity contribution is 6.07. The molecule has 2 rings (SSSR count). The molecular weight excluding hydrogens is 257 g/mol. The molecule has 6 heteroatoms. The molecule has 0 aromatic heterocycles. The lowest BCUT2D eigenvalue weighted by atomic mass is 10.1. The summed E-state index contributed by atoms with van der Waals surface area (Å²) in [5.74, 6) is -3.75. The summed E-state index contributed by atoms with van der Waals surface area (Å²) in [6, 6.07) is 6.57. The largest absolute Gasteiger partial charge is 0.398 e. The second-order valence-corrected chi connectivity index (χ2v) is 3.79. The normalized spacial score (nSPS) is 10.3. The van der Waals surface area contributed by atoms with Gasteiger partial charge in [-0.15, -0.1) is 0 Å². The van der Waals surface area contributed by atoms with Crippen LogP contribution >= 0.6 is 0 Å². The average Bonchev–Trinajstić information content (AvgIpc) is 2.38. The van der Waals surface area contributed by atoms with E-state index in [1.807, 2.05) is 0 Å². The molecule has 0 bridgehead atoms. The molecule has 0 saturated carbocycles. The van der Waals surface area contributed by atoms with Gasteiger partial charge < -0.3 is 11.1 Å². The van der Waals surface area contributed by atoms with E-state index in [1.54, 1.807) is 0 Å².